The molecule has 8 nitrogen and oxygen atoms in total. The van der Waals surface area contributed by atoms with Gasteiger partial charge in [0.25, 0.3) is 0 Å². The summed E-state index contributed by atoms with van der Waals surface area (Å²) in [6.45, 7) is 2.76. The molecular weight excluding hydrogens is 496 g/mol. The summed E-state index contributed by atoms with van der Waals surface area (Å²) in [4.78, 5) is 18.1. The number of carbonyl (C=O) groups excluding carboxylic acids is 1. The standard InChI is InChI=1S/C31H34N2O6/c34-19-27-30(39-31(36)23-8-3-1-4-9-23)29-26(32-27)12-7-13-28(29)38-21-24(35)18-33-16-14-22(15-17-33)20-37-25-10-5-2-6-11-25/h1-13,22,24,32,34-35H,14-21H2. The van der Waals surface area contributed by atoms with Crippen LogP contribution in [-0.2, 0) is 6.61 Å². The molecule has 1 unspecified atom stereocenters. The number of aromatic nitrogens is 1. The van der Waals surface area contributed by atoms with Gasteiger partial charge in [-0.1, -0.05) is 42.5 Å². The van der Waals surface area contributed by atoms with Crippen molar-refractivity contribution < 1.29 is 29.2 Å². The Morgan fingerprint density at radius 1 is 0.949 bits per heavy atom. The Kier molecular flexibility index (Phi) is 8.78. The second-order valence-corrected chi connectivity index (χ2v) is 9.86. The molecule has 204 valence electrons. The average molecular weight is 531 g/mol. The number of nitrogens with zero attached hydrogens (tertiary/aromatic N) is 1. The number of aliphatic hydroxyl groups is 2. The van der Waals surface area contributed by atoms with Gasteiger partial charge < -0.3 is 34.3 Å². The second kappa shape index (κ2) is 12.8. The fourth-order valence-corrected chi connectivity index (χ4v) is 4.91. The molecule has 4 aromatic rings. The van der Waals surface area contributed by atoms with Crippen molar-refractivity contribution in [1.29, 1.82) is 0 Å². The highest BCUT2D eigenvalue weighted by Gasteiger charge is 2.23. The maximum absolute atomic E-state index is 12.7. The Bertz CT molecular complexity index is 1350. The van der Waals surface area contributed by atoms with Gasteiger partial charge in [-0.2, -0.15) is 0 Å². The van der Waals surface area contributed by atoms with Crippen LogP contribution in [0.5, 0.6) is 17.2 Å². The first kappa shape index (κ1) is 26.7. The predicted molar refractivity (Wildman–Crippen MR) is 148 cm³/mol. The zero-order valence-corrected chi connectivity index (χ0v) is 21.8. The van der Waals surface area contributed by atoms with Crippen LogP contribution in [0.25, 0.3) is 10.9 Å². The number of piperidine rings is 1. The van der Waals surface area contributed by atoms with Gasteiger partial charge in [0, 0.05) is 6.54 Å². The minimum Gasteiger partial charge on any atom is -0.493 e. The molecule has 1 aromatic heterocycles. The first-order valence-electron chi connectivity index (χ1n) is 13.3. The van der Waals surface area contributed by atoms with E-state index in [-0.39, 0.29) is 19.0 Å². The summed E-state index contributed by atoms with van der Waals surface area (Å²) < 4.78 is 17.7. The Hall–Kier alpha value is -3.85. The Labute approximate surface area is 227 Å². The van der Waals surface area contributed by atoms with Crippen LogP contribution < -0.4 is 14.2 Å². The molecule has 0 aliphatic carbocycles. The van der Waals surface area contributed by atoms with Crippen LogP contribution in [0.4, 0.5) is 0 Å². The molecule has 0 spiro atoms. The van der Waals surface area contributed by atoms with Gasteiger partial charge in [0.15, 0.2) is 5.75 Å². The van der Waals surface area contributed by atoms with Crippen molar-refractivity contribution in [2.75, 3.05) is 32.8 Å². The van der Waals surface area contributed by atoms with Crippen LogP contribution in [0.3, 0.4) is 0 Å². The number of hydrogen-bond donors (Lipinski definition) is 3. The minimum atomic E-state index is -0.691. The van der Waals surface area contributed by atoms with Crippen LogP contribution in [0.15, 0.2) is 78.9 Å². The van der Waals surface area contributed by atoms with E-state index in [0.29, 0.717) is 47.0 Å². The summed E-state index contributed by atoms with van der Waals surface area (Å²) in [5.74, 6) is 1.56. The summed E-state index contributed by atoms with van der Waals surface area (Å²) in [6, 6.07) is 23.9. The number of para-hydroxylation sites is 1. The van der Waals surface area contributed by atoms with Crippen LogP contribution in [0.2, 0.25) is 0 Å². The van der Waals surface area contributed by atoms with Crippen LogP contribution in [0.1, 0.15) is 28.9 Å². The number of ether oxygens (including phenoxy) is 3. The molecule has 1 aliphatic rings. The van der Waals surface area contributed by atoms with E-state index in [1.54, 1.807) is 30.3 Å². The summed E-state index contributed by atoms with van der Waals surface area (Å²) in [6.07, 6.45) is 1.34. The minimum absolute atomic E-state index is 0.0852. The molecule has 0 bridgehead atoms. The summed E-state index contributed by atoms with van der Waals surface area (Å²) in [5.41, 5.74) is 1.45. The zero-order valence-electron chi connectivity index (χ0n) is 21.8. The molecule has 3 aromatic carbocycles. The lowest BCUT2D eigenvalue weighted by Gasteiger charge is -2.33. The van der Waals surface area contributed by atoms with E-state index in [9.17, 15) is 15.0 Å². The van der Waals surface area contributed by atoms with E-state index in [1.165, 1.54) is 0 Å². The number of carbonyl (C=O) groups is 1. The molecule has 0 radical (unpaired) electrons. The maximum atomic E-state index is 12.7. The van der Waals surface area contributed by atoms with E-state index in [0.717, 1.165) is 31.7 Å². The van der Waals surface area contributed by atoms with Gasteiger partial charge in [-0.3, -0.25) is 0 Å². The average Bonchev–Trinajstić information content (AvgIpc) is 3.34. The maximum Gasteiger partial charge on any atom is 0.343 e. The molecule has 8 heteroatoms. The summed E-state index contributed by atoms with van der Waals surface area (Å²) in [7, 11) is 0. The number of H-pyrrole nitrogens is 1. The van der Waals surface area contributed by atoms with E-state index in [4.69, 9.17) is 14.2 Å². The fourth-order valence-electron chi connectivity index (χ4n) is 4.91. The highest BCUT2D eigenvalue weighted by atomic mass is 16.5. The van der Waals surface area contributed by atoms with Crippen molar-refractivity contribution in [3.8, 4) is 17.2 Å². The van der Waals surface area contributed by atoms with Gasteiger partial charge in [0.1, 0.15) is 24.2 Å². The summed E-state index contributed by atoms with van der Waals surface area (Å²) >= 11 is 0. The SMILES string of the molecule is O=C(Oc1c(CO)[nH]c2cccc(OCC(O)CN3CCC(COc4ccccc4)CC3)c12)c1ccccc1. The van der Waals surface area contributed by atoms with E-state index in [1.807, 2.05) is 48.5 Å². The monoisotopic (exact) mass is 530 g/mol. The smallest absolute Gasteiger partial charge is 0.343 e. The molecule has 0 amide bonds. The number of benzene rings is 3. The largest absolute Gasteiger partial charge is 0.493 e. The van der Waals surface area contributed by atoms with Gasteiger partial charge in [0.2, 0.25) is 0 Å². The van der Waals surface area contributed by atoms with E-state index in [2.05, 4.69) is 9.88 Å². The van der Waals surface area contributed by atoms with Crippen molar-refractivity contribution in [2.45, 2.75) is 25.6 Å². The molecule has 39 heavy (non-hydrogen) atoms. The first-order valence-corrected chi connectivity index (χ1v) is 13.3. The third-order valence-electron chi connectivity index (χ3n) is 7.01. The lowest BCUT2D eigenvalue weighted by molar-refractivity contribution is 0.0506. The van der Waals surface area contributed by atoms with Crippen molar-refractivity contribution in [1.82, 2.24) is 9.88 Å². The summed E-state index contributed by atoms with van der Waals surface area (Å²) in [5, 5.41) is 21.2. The van der Waals surface area contributed by atoms with Gasteiger partial charge >= 0.3 is 5.97 Å². The lowest BCUT2D eigenvalue weighted by Crippen LogP contribution is -2.41. The highest BCUT2D eigenvalue weighted by Crippen LogP contribution is 2.38. The van der Waals surface area contributed by atoms with Crippen LogP contribution in [0, 0.1) is 5.92 Å². The molecule has 1 atom stereocenters. The highest BCUT2D eigenvalue weighted by molar-refractivity contribution is 5.98. The third kappa shape index (κ3) is 6.78. The number of aliphatic hydroxyl groups excluding tert-OH is 2. The van der Waals surface area contributed by atoms with Crippen LogP contribution in [-0.4, -0.2) is 65.0 Å². The van der Waals surface area contributed by atoms with Gasteiger partial charge in [-0.15, -0.1) is 0 Å². The van der Waals surface area contributed by atoms with Crippen molar-refractivity contribution in [3.05, 3.63) is 90.1 Å². The number of hydrogen-bond acceptors (Lipinski definition) is 7. The van der Waals surface area contributed by atoms with Crippen LogP contribution >= 0.6 is 0 Å². The molecule has 1 fully saturated rings. The van der Waals surface area contributed by atoms with E-state index < -0.39 is 12.1 Å². The van der Waals surface area contributed by atoms with Crippen molar-refractivity contribution in [3.63, 3.8) is 0 Å². The Morgan fingerprint density at radius 2 is 1.67 bits per heavy atom. The quantitative estimate of drug-likeness (QED) is 0.247. The lowest BCUT2D eigenvalue weighted by atomic mass is 9.97. The third-order valence-corrected chi connectivity index (χ3v) is 7.01. The molecular formula is C31H34N2O6. The number of likely N-dealkylation sites (tertiary alicyclic amines) is 1. The number of fused-ring (bicyclic) bond motifs is 1. The molecule has 0 saturated carbocycles. The molecule has 3 N–H and O–H groups in total. The topological polar surface area (TPSA) is 104 Å². The van der Waals surface area contributed by atoms with Crippen molar-refractivity contribution in [2.24, 2.45) is 5.92 Å². The number of aromatic amines is 1. The molecule has 2 heterocycles. The molecule has 1 aliphatic heterocycles. The second-order valence-electron chi connectivity index (χ2n) is 9.86. The molecule has 5 rings (SSSR count). The Morgan fingerprint density at radius 3 is 2.38 bits per heavy atom. The molecule has 1 saturated heterocycles. The van der Waals surface area contributed by atoms with E-state index >= 15 is 0 Å². The predicted octanol–water partition coefficient (Wildman–Crippen LogP) is 4.41. The number of β-amino-alcohol motifs (C(OH)–C–C–N with tert-alkyl or cyclic N) is 1. The van der Waals surface area contributed by atoms with Crippen molar-refractivity contribution >= 4 is 16.9 Å². The van der Waals surface area contributed by atoms with Gasteiger partial charge in [-0.05, 0) is 68.2 Å². The zero-order chi connectivity index (χ0) is 27.0. The Balaban J connectivity index is 1.16. The number of rotatable bonds is 11. The van der Waals surface area contributed by atoms with Gasteiger partial charge in [-0.25, -0.2) is 4.79 Å². The van der Waals surface area contributed by atoms with Gasteiger partial charge in [0.05, 0.1) is 35.4 Å². The first-order chi connectivity index (χ1) is 19.1. The number of nitrogens with one attached hydrogen (secondary N) is 1. The normalized spacial score (nSPS) is 15.2. The fraction of sp³-hybridized carbons (Fsp3) is 0.323. The number of esters is 1.